The molecule has 35 heavy (non-hydrogen) atoms. The van der Waals surface area contributed by atoms with Gasteiger partial charge in [-0.25, -0.2) is 4.99 Å². The highest BCUT2D eigenvalue weighted by atomic mass is 32.2. The van der Waals surface area contributed by atoms with Crippen molar-refractivity contribution in [3.63, 3.8) is 0 Å². The molecule has 3 aromatic carbocycles. The predicted octanol–water partition coefficient (Wildman–Crippen LogP) is 5.56. The summed E-state index contributed by atoms with van der Waals surface area (Å²) in [7, 11) is 0. The third-order valence-corrected chi connectivity index (χ3v) is 7.20. The first kappa shape index (κ1) is 25.1. The van der Waals surface area contributed by atoms with Gasteiger partial charge in [0.25, 0.3) is 0 Å². The molecule has 1 fully saturated rings. The van der Waals surface area contributed by atoms with E-state index in [2.05, 4.69) is 70.2 Å². The number of nitrogens with two attached hydrogens (primary N) is 2. The predicted molar refractivity (Wildman–Crippen MR) is 151 cm³/mol. The van der Waals surface area contributed by atoms with Gasteiger partial charge in [0.2, 0.25) is 0 Å². The molecule has 0 bridgehead atoms. The Kier molecular flexibility index (Phi) is 8.69. The van der Waals surface area contributed by atoms with Gasteiger partial charge in [0.1, 0.15) is 0 Å². The van der Waals surface area contributed by atoms with Crippen LogP contribution in [0.4, 0.5) is 17.1 Å². The minimum Gasteiger partial charge on any atom is -0.397 e. The van der Waals surface area contributed by atoms with Crippen LogP contribution in [0.2, 0.25) is 0 Å². The summed E-state index contributed by atoms with van der Waals surface area (Å²) in [6, 6.07) is 20.6. The summed E-state index contributed by atoms with van der Waals surface area (Å²) in [4.78, 5) is 8.22. The van der Waals surface area contributed by atoms with Gasteiger partial charge >= 0.3 is 0 Å². The van der Waals surface area contributed by atoms with Crippen LogP contribution in [0.5, 0.6) is 0 Å². The van der Waals surface area contributed by atoms with E-state index in [0.717, 1.165) is 41.2 Å². The lowest BCUT2D eigenvalue weighted by molar-refractivity contribution is 0.345. The van der Waals surface area contributed by atoms with Crippen molar-refractivity contribution in [2.24, 2.45) is 10.7 Å². The number of nitrogens with one attached hydrogen (secondary N) is 2. The summed E-state index contributed by atoms with van der Waals surface area (Å²) in [6.07, 6.45) is 3.64. The summed E-state index contributed by atoms with van der Waals surface area (Å²) >= 11 is 1.66. The largest absolute Gasteiger partial charge is 0.397 e. The lowest BCUT2D eigenvalue weighted by Crippen LogP contribution is -2.27. The maximum Gasteiger partial charge on any atom is 0.198 e. The van der Waals surface area contributed by atoms with Crippen LogP contribution in [0.25, 0.3) is 11.1 Å². The van der Waals surface area contributed by atoms with Crippen LogP contribution in [0.3, 0.4) is 0 Å². The Labute approximate surface area is 213 Å². The Morgan fingerprint density at radius 3 is 2.51 bits per heavy atom. The zero-order valence-electron chi connectivity index (χ0n) is 20.7. The van der Waals surface area contributed by atoms with Gasteiger partial charge in [-0.1, -0.05) is 31.2 Å². The average molecular weight is 489 g/mol. The van der Waals surface area contributed by atoms with E-state index in [0.29, 0.717) is 17.3 Å². The third kappa shape index (κ3) is 6.78. The molecule has 7 heteroatoms. The first-order valence-corrected chi connectivity index (χ1v) is 13.2. The minimum atomic E-state index is 0.307. The van der Waals surface area contributed by atoms with Gasteiger partial charge in [-0.2, -0.15) is 0 Å². The van der Waals surface area contributed by atoms with E-state index in [-0.39, 0.29) is 0 Å². The van der Waals surface area contributed by atoms with E-state index in [4.69, 9.17) is 11.5 Å². The number of hydrogen-bond donors (Lipinski definition) is 4. The molecule has 1 aliphatic heterocycles. The molecule has 184 valence electrons. The number of nitrogens with zero attached hydrogens (tertiary/aromatic N) is 2. The van der Waals surface area contributed by atoms with Crippen LogP contribution in [0, 0.1) is 6.92 Å². The Morgan fingerprint density at radius 2 is 1.77 bits per heavy atom. The number of anilines is 2. The first-order valence-electron chi connectivity index (χ1n) is 12.3. The summed E-state index contributed by atoms with van der Waals surface area (Å²) in [5.74, 6) is 0.307. The van der Waals surface area contributed by atoms with E-state index >= 15 is 0 Å². The van der Waals surface area contributed by atoms with Gasteiger partial charge in [-0.15, -0.1) is 0 Å². The van der Waals surface area contributed by atoms with Crippen LogP contribution < -0.4 is 21.5 Å². The number of benzene rings is 3. The topological polar surface area (TPSA) is 91.7 Å². The van der Waals surface area contributed by atoms with Gasteiger partial charge in [-0.05, 0) is 110 Å². The smallest absolute Gasteiger partial charge is 0.198 e. The standard InChI is InChI=1S/C28H36N6S/c1-3-21-8-4-5-9-24(21)25-19-26(29)27(18-20(25)2)33-28(30)32-22-10-12-23(13-11-22)35-31-14-17-34-15-6-7-16-34/h4-5,8-13,18-19,31H,3,6-7,14-17,29H2,1-2H3,(H3,30,32,33). The molecule has 0 atom stereocenters. The van der Waals surface area contributed by atoms with Crippen LogP contribution >= 0.6 is 11.9 Å². The number of guanidine groups is 1. The quantitative estimate of drug-likeness (QED) is 0.104. The fourth-order valence-electron chi connectivity index (χ4n) is 4.44. The lowest BCUT2D eigenvalue weighted by Gasteiger charge is -2.14. The molecule has 4 rings (SSSR count). The average Bonchev–Trinajstić information content (AvgIpc) is 3.38. The summed E-state index contributed by atoms with van der Waals surface area (Å²) in [5.41, 5.74) is 19.5. The number of rotatable bonds is 9. The number of aliphatic imine (C=N–C) groups is 1. The molecule has 1 saturated heterocycles. The Hall–Kier alpha value is -3.00. The third-order valence-electron chi connectivity index (χ3n) is 6.35. The van der Waals surface area contributed by atoms with E-state index in [1.807, 2.05) is 24.3 Å². The second-order valence-corrected chi connectivity index (χ2v) is 9.89. The highest BCUT2D eigenvalue weighted by Crippen LogP contribution is 2.34. The van der Waals surface area contributed by atoms with E-state index < -0.39 is 0 Å². The van der Waals surface area contributed by atoms with Gasteiger partial charge in [0, 0.05) is 23.7 Å². The SMILES string of the molecule is CCc1ccccc1-c1cc(N)c(N=C(N)Nc2ccc(SNCCN3CCCC3)cc2)cc1C. The molecule has 6 N–H and O–H groups in total. The first-order chi connectivity index (χ1) is 17.0. The molecule has 0 amide bonds. The molecule has 3 aromatic rings. The minimum absolute atomic E-state index is 0.307. The van der Waals surface area contributed by atoms with Crippen molar-refractivity contribution in [1.82, 2.24) is 9.62 Å². The van der Waals surface area contributed by atoms with E-state index in [9.17, 15) is 0 Å². The molecule has 0 unspecified atom stereocenters. The zero-order valence-corrected chi connectivity index (χ0v) is 21.5. The highest BCUT2D eigenvalue weighted by molar-refractivity contribution is 7.97. The molecule has 6 nitrogen and oxygen atoms in total. The number of hydrogen-bond acceptors (Lipinski definition) is 5. The normalized spacial score (nSPS) is 14.4. The molecule has 0 saturated carbocycles. The van der Waals surface area contributed by atoms with Gasteiger partial charge in [0.15, 0.2) is 5.96 Å². The van der Waals surface area contributed by atoms with Crippen LogP contribution in [-0.4, -0.2) is 37.0 Å². The van der Waals surface area contributed by atoms with Crippen molar-refractivity contribution in [2.45, 2.75) is 38.0 Å². The van der Waals surface area contributed by atoms with E-state index in [1.54, 1.807) is 11.9 Å². The van der Waals surface area contributed by atoms with Crippen molar-refractivity contribution >= 4 is 35.0 Å². The van der Waals surface area contributed by atoms with Crippen molar-refractivity contribution < 1.29 is 0 Å². The number of likely N-dealkylation sites (tertiary alicyclic amines) is 1. The fraction of sp³-hybridized carbons (Fsp3) is 0.321. The lowest BCUT2D eigenvalue weighted by atomic mass is 9.94. The molecule has 1 heterocycles. The van der Waals surface area contributed by atoms with E-state index in [1.165, 1.54) is 37.1 Å². The van der Waals surface area contributed by atoms with Crippen molar-refractivity contribution in [3.8, 4) is 11.1 Å². The van der Waals surface area contributed by atoms with Gasteiger partial charge in [0.05, 0.1) is 11.4 Å². The fourth-order valence-corrected chi connectivity index (χ4v) is 5.08. The molecule has 0 aliphatic carbocycles. The highest BCUT2D eigenvalue weighted by Gasteiger charge is 2.11. The van der Waals surface area contributed by atoms with Crippen molar-refractivity contribution in [2.75, 3.05) is 37.2 Å². The van der Waals surface area contributed by atoms with Crippen molar-refractivity contribution in [3.05, 3.63) is 71.8 Å². The summed E-state index contributed by atoms with van der Waals surface area (Å²) in [5, 5.41) is 3.17. The second kappa shape index (κ2) is 12.1. The molecule has 0 spiro atoms. The molecule has 1 aliphatic rings. The van der Waals surface area contributed by atoms with Crippen LogP contribution in [-0.2, 0) is 6.42 Å². The maximum atomic E-state index is 6.38. The zero-order chi connectivity index (χ0) is 24.6. The summed E-state index contributed by atoms with van der Waals surface area (Å²) in [6.45, 7) is 8.80. The van der Waals surface area contributed by atoms with Gasteiger partial charge < -0.3 is 21.7 Å². The second-order valence-electron chi connectivity index (χ2n) is 8.93. The van der Waals surface area contributed by atoms with Crippen LogP contribution in [0.1, 0.15) is 30.9 Å². The maximum absolute atomic E-state index is 6.38. The summed E-state index contributed by atoms with van der Waals surface area (Å²) < 4.78 is 3.45. The molecular formula is C28H36N6S. The van der Waals surface area contributed by atoms with Crippen molar-refractivity contribution in [1.29, 1.82) is 0 Å². The Morgan fingerprint density at radius 1 is 1.03 bits per heavy atom. The Balaban J connectivity index is 1.36. The van der Waals surface area contributed by atoms with Gasteiger partial charge in [-0.3, -0.25) is 4.72 Å². The molecule has 0 aromatic heterocycles. The Bertz CT molecular complexity index is 1150. The monoisotopic (exact) mass is 488 g/mol. The number of aryl methyl sites for hydroxylation is 2. The molecular weight excluding hydrogens is 452 g/mol. The number of nitrogen functional groups attached to an aromatic ring is 1. The van der Waals surface area contributed by atoms with Crippen LogP contribution in [0.15, 0.2) is 70.6 Å². The molecule has 0 radical (unpaired) electrons.